The molecular formula is C15H13BrN2O2S. The first kappa shape index (κ1) is 14.4. The Morgan fingerprint density at radius 3 is 2.86 bits per heavy atom. The molecule has 1 aliphatic carbocycles. The molecule has 3 rings (SSSR count). The van der Waals surface area contributed by atoms with E-state index in [9.17, 15) is 10.1 Å². The smallest absolute Gasteiger partial charge is 0.205 e. The standard InChI is InChI=1S/C15H13BrN2O2S/c1-7-4-9(19)14-10(5-7)20-15(18)8(6-17)13(14)11-2-3-12(16)21-11/h2-3,7,13H,4-5,18H2,1H3. The first-order valence-corrected chi connectivity index (χ1v) is 8.21. The molecule has 0 fully saturated rings. The molecule has 0 saturated heterocycles. The Balaban J connectivity index is 2.17. The molecule has 2 atom stereocenters. The quantitative estimate of drug-likeness (QED) is 0.826. The topological polar surface area (TPSA) is 76.1 Å². The summed E-state index contributed by atoms with van der Waals surface area (Å²) in [6.07, 6.45) is 1.17. The summed E-state index contributed by atoms with van der Waals surface area (Å²) in [6, 6.07) is 5.95. The number of hydrogen-bond donors (Lipinski definition) is 1. The number of allylic oxidation sites excluding steroid dienone is 3. The zero-order chi connectivity index (χ0) is 15.1. The molecule has 2 unspecified atom stereocenters. The molecule has 0 spiro atoms. The van der Waals surface area contributed by atoms with E-state index in [1.54, 1.807) is 0 Å². The fourth-order valence-corrected chi connectivity index (χ4v) is 4.40. The zero-order valence-electron chi connectivity index (χ0n) is 11.4. The van der Waals surface area contributed by atoms with Crippen molar-refractivity contribution in [2.75, 3.05) is 0 Å². The van der Waals surface area contributed by atoms with Crippen molar-refractivity contribution in [2.24, 2.45) is 11.7 Å². The van der Waals surface area contributed by atoms with Crippen LogP contribution in [0.3, 0.4) is 0 Å². The predicted molar refractivity (Wildman–Crippen MR) is 83.1 cm³/mol. The number of carbonyl (C=O) groups is 1. The van der Waals surface area contributed by atoms with Crippen LogP contribution < -0.4 is 5.73 Å². The van der Waals surface area contributed by atoms with E-state index < -0.39 is 5.92 Å². The Hall–Kier alpha value is -1.58. The zero-order valence-corrected chi connectivity index (χ0v) is 13.8. The third-order valence-corrected chi connectivity index (χ3v) is 5.43. The minimum atomic E-state index is -0.393. The van der Waals surface area contributed by atoms with Crippen molar-refractivity contribution in [2.45, 2.75) is 25.7 Å². The van der Waals surface area contributed by atoms with Crippen LogP contribution in [-0.4, -0.2) is 5.78 Å². The Kier molecular flexibility index (Phi) is 3.64. The summed E-state index contributed by atoms with van der Waals surface area (Å²) >= 11 is 4.93. The van der Waals surface area contributed by atoms with E-state index in [0.29, 0.717) is 29.7 Å². The second-order valence-electron chi connectivity index (χ2n) is 5.34. The summed E-state index contributed by atoms with van der Waals surface area (Å²) in [5.41, 5.74) is 6.83. The molecule has 2 N–H and O–H groups in total. The first-order valence-electron chi connectivity index (χ1n) is 6.60. The molecule has 0 amide bonds. The van der Waals surface area contributed by atoms with Crippen molar-refractivity contribution in [1.29, 1.82) is 5.26 Å². The van der Waals surface area contributed by atoms with Crippen LogP contribution in [0.15, 0.2) is 38.7 Å². The van der Waals surface area contributed by atoms with Crippen LogP contribution in [0.2, 0.25) is 0 Å². The van der Waals surface area contributed by atoms with Crippen LogP contribution >= 0.6 is 27.3 Å². The van der Waals surface area contributed by atoms with E-state index in [1.165, 1.54) is 11.3 Å². The molecule has 4 nitrogen and oxygen atoms in total. The fraction of sp³-hybridized carbons (Fsp3) is 0.333. The van der Waals surface area contributed by atoms with E-state index >= 15 is 0 Å². The van der Waals surface area contributed by atoms with E-state index in [1.807, 2.05) is 19.1 Å². The molecule has 1 aromatic rings. The van der Waals surface area contributed by atoms with Crippen LogP contribution in [-0.2, 0) is 9.53 Å². The number of hydrogen-bond acceptors (Lipinski definition) is 5. The van der Waals surface area contributed by atoms with Crippen LogP contribution in [0.4, 0.5) is 0 Å². The molecule has 21 heavy (non-hydrogen) atoms. The highest BCUT2D eigenvalue weighted by molar-refractivity contribution is 9.11. The van der Waals surface area contributed by atoms with Crippen molar-refractivity contribution < 1.29 is 9.53 Å². The fourth-order valence-electron chi connectivity index (χ4n) is 2.86. The van der Waals surface area contributed by atoms with Crippen molar-refractivity contribution in [3.05, 3.63) is 43.6 Å². The summed E-state index contributed by atoms with van der Waals surface area (Å²) in [5.74, 6) is 0.648. The number of ether oxygens (including phenoxy) is 1. The number of nitrogens with zero attached hydrogens (tertiary/aromatic N) is 1. The van der Waals surface area contributed by atoms with Crippen LogP contribution in [0.25, 0.3) is 0 Å². The van der Waals surface area contributed by atoms with Gasteiger partial charge >= 0.3 is 0 Å². The summed E-state index contributed by atoms with van der Waals surface area (Å²) in [5, 5.41) is 9.42. The molecule has 2 heterocycles. The van der Waals surface area contributed by atoms with Gasteiger partial charge in [0.05, 0.1) is 9.70 Å². The first-order chi connectivity index (χ1) is 10.0. The van der Waals surface area contributed by atoms with E-state index in [4.69, 9.17) is 10.5 Å². The van der Waals surface area contributed by atoms with Crippen molar-refractivity contribution in [3.63, 3.8) is 0 Å². The van der Waals surface area contributed by atoms with Gasteiger partial charge < -0.3 is 10.5 Å². The summed E-state index contributed by atoms with van der Waals surface area (Å²) < 4.78 is 6.54. The molecular weight excluding hydrogens is 352 g/mol. The predicted octanol–water partition coefficient (Wildman–Crippen LogP) is 3.57. The summed E-state index contributed by atoms with van der Waals surface area (Å²) in [4.78, 5) is 13.4. The lowest BCUT2D eigenvalue weighted by molar-refractivity contribution is -0.117. The van der Waals surface area contributed by atoms with Gasteiger partial charge in [-0.15, -0.1) is 11.3 Å². The van der Waals surface area contributed by atoms with Crippen LogP contribution in [0, 0.1) is 17.2 Å². The summed E-state index contributed by atoms with van der Waals surface area (Å²) in [7, 11) is 0. The Morgan fingerprint density at radius 2 is 2.24 bits per heavy atom. The van der Waals surface area contributed by atoms with Crippen LogP contribution in [0.1, 0.15) is 30.6 Å². The molecule has 0 saturated carbocycles. The number of thiophene rings is 1. The van der Waals surface area contributed by atoms with Gasteiger partial charge in [0.2, 0.25) is 5.88 Å². The number of carbonyl (C=O) groups excluding carboxylic acids is 1. The minimum absolute atomic E-state index is 0.0542. The third kappa shape index (κ3) is 2.41. The largest absolute Gasteiger partial charge is 0.444 e. The SMILES string of the molecule is CC1CC(=O)C2=C(C1)OC(N)=C(C#N)C2c1ccc(Br)s1. The average molecular weight is 365 g/mol. The van der Waals surface area contributed by atoms with Gasteiger partial charge in [0, 0.05) is 23.3 Å². The number of ketones is 1. The van der Waals surface area contributed by atoms with Gasteiger partial charge in [-0.3, -0.25) is 4.79 Å². The lowest BCUT2D eigenvalue weighted by Crippen LogP contribution is -2.29. The number of halogens is 1. The Morgan fingerprint density at radius 1 is 1.48 bits per heavy atom. The highest BCUT2D eigenvalue weighted by Gasteiger charge is 2.40. The Labute approximate surface area is 135 Å². The maximum atomic E-state index is 12.5. The monoisotopic (exact) mass is 364 g/mol. The number of Topliss-reactive ketones (excluding diaryl/α,β-unsaturated/α-hetero) is 1. The molecule has 0 radical (unpaired) electrons. The van der Waals surface area contributed by atoms with E-state index in [0.717, 1.165) is 8.66 Å². The van der Waals surface area contributed by atoms with E-state index in [2.05, 4.69) is 22.0 Å². The average Bonchev–Trinajstić information content (AvgIpc) is 2.83. The van der Waals surface area contributed by atoms with Gasteiger partial charge in [0.15, 0.2) is 5.78 Å². The van der Waals surface area contributed by atoms with Crippen molar-refractivity contribution in [3.8, 4) is 6.07 Å². The van der Waals surface area contributed by atoms with Crippen molar-refractivity contribution in [1.82, 2.24) is 0 Å². The van der Waals surface area contributed by atoms with Gasteiger partial charge in [-0.05, 0) is 34.0 Å². The lowest BCUT2D eigenvalue weighted by Gasteiger charge is -2.32. The maximum Gasteiger partial charge on any atom is 0.205 e. The molecule has 0 bridgehead atoms. The normalized spacial score (nSPS) is 25.5. The molecule has 6 heteroatoms. The highest BCUT2D eigenvalue weighted by atomic mass is 79.9. The van der Waals surface area contributed by atoms with Gasteiger partial charge in [-0.2, -0.15) is 5.26 Å². The number of nitriles is 1. The molecule has 108 valence electrons. The molecule has 1 aliphatic heterocycles. The Bertz CT molecular complexity index is 726. The molecule has 2 aliphatic rings. The van der Waals surface area contributed by atoms with Crippen molar-refractivity contribution >= 4 is 33.0 Å². The number of nitrogens with two attached hydrogens (primary N) is 1. The van der Waals surface area contributed by atoms with Gasteiger partial charge in [0.25, 0.3) is 0 Å². The van der Waals surface area contributed by atoms with Gasteiger partial charge in [-0.1, -0.05) is 6.92 Å². The van der Waals surface area contributed by atoms with Gasteiger partial charge in [0.1, 0.15) is 17.4 Å². The minimum Gasteiger partial charge on any atom is -0.444 e. The third-order valence-electron chi connectivity index (χ3n) is 3.74. The summed E-state index contributed by atoms with van der Waals surface area (Å²) in [6.45, 7) is 2.02. The number of rotatable bonds is 1. The molecule has 1 aromatic heterocycles. The van der Waals surface area contributed by atoms with Gasteiger partial charge in [-0.25, -0.2) is 0 Å². The maximum absolute atomic E-state index is 12.5. The van der Waals surface area contributed by atoms with E-state index in [-0.39, 0.29) is 17.6 Å². The van der Waals surface area contributed by atoms with Crippen LogP contribution in [0.5, 0.6) is 0 Å². The molecule has 0 aromatic carbocycles. The second kappa shape index (κ2) is 5.32. The second-order valence-corrected chi connectivity index (χ2v) is 7.83. The lowest BCUT2D eigenvalue weighted by atomic mass is 9.78. The highest BCUT2D eigenvalue weighted by Crippen LogP contribution is 2.46.